The highest BCUT2D eigenvalue weighted by molar-refractivity contribution is 7.91. The van der Waals surface area contributed by atoms with Crippen LogP contribution in [0.4, 0.5) is 11.4 Å². The third-order valence-corrected chi connectivity index (χ3v) is 24.9. The van der Waals surface area contributed by atoms with Gasteiger partial charge in [-0.05, 0) is 195 Å². The van der Waals surface area contributed by atoms with Gasteiger partial charge in [0.25, 0.3) is 11.8 Å². The average molecular weight is 1290 g/mol. The lowest BCUT2D eigenvalue weighted by Gasteiger charge is -2.46. The molecule has 2 N–H and O–H groups in total. The smallest absolute Gasteiger partial charge is 0.264 e. The van der Waals surface area contributed by atoms with Gasteiger partial charge in [-0.3, -0.25) is 9.59 Å². The summed E-state index contributed by atoms with van der Waals surface area (Å²) in [6, 6.07) is 23.0. The molecule has 12 rings (SSSR count). The van der Waals surface area contributed by atoms with Crippen molar-refractivity contribution in [2.24, 2.45) is 35.5 Å². The molecule has 2 amide bonds. The number of allylic oxidation sites excluding steroid dienone is 2. The number of sulfonamides is 2. The predicted molar refractivity (Wildman–Crippen MR) is 344 cm³/mol. The number of ether oxygens (including phenoxy) is 6. The largest absolute Gasteiger partial charge is 0.490 e. The highest BCUT2D eigenvalue weighted by Gasteiger charge is 2.47. The number of halogens is 2. The van der Waals surface area contributed by atoms with E-state index in [0.29, 0.717) is 61.2 Å². The van der Waals surface area contributed by atoms with Crippen LogP contribution in [0.3, 0.4) is 0 Å². The van der Waals surface area contributed by atoms with Crippen molar-refractivity contribution in [3.63, 3.8) is 0 Å². The molecule has 0 saturated heterocycles. The number of amides is 2. The maximum atomic E-state index is 13.5. The van der Waals surface area contributed by atoms with Crippen LogP contribution in [0.5, 0.6) is 11.5 Å². The van der Waals surface area contributed by atoms with E-state index in [-0.39, 0.29) is 59.2 Å². The Morgan fingerprint density at radius 3 is 1.38 bits per heavy atom. The van der Waals surface area contributed by atoms with Crippen LogP contribution >= 0.6 is 23.2 Å². The van der Waals surface area contributed by atoms with Gasteiger partial charge in [0.1, 0.15) is 22.0 Å². The minimum Gasteiger partial charge on any atom is -0.490 e. The van der Waals surface area contributed by atoms with Crippen LogP contribution in [0.25, 0.3) is 0 Å². The van der Waals surface area contributed by atoms with Gasteiger partial charge in [-0.25, -0.2) is 26.3 Å². The molecule has 88 heavy (non-hydrogen) atoms. The molecule has 4 aromatic rings. The quantitative estimate of drug-likeness (QED) is 0.174. The van der Waals surface area contributed by atoms with Crippen molar-refractivity contribution < 1.29 is 54.8 Å². The Morgan fingerprint density at radius 2 is 1.00 bits per heavy atom. The molecule has 4 aromatic carbocycles. The molecule has 4 aliphatic carbocycles. The summed E-state index contributed by atoms with van der Waals surface area (Å²) in [5.74, 6) is 1.01. The van der Waals surface area contributed by atoms with E-state index in [1.165, 1.54) is 36.5 Å². The van der Waals surface area contributed by atoms with E-state index in [2.05, 4.69) is 55.7 Å². The van der Waals surface area contributed by atoms with Crippen molar-refractivity contribution in [2.45, 2.75) is 124 Å². The number of methoxy groups -OCH3 is 4. The lowest BCUT2D eigenvalue weighted by atomic mass is 9.68. The molecule has 0 radical (unpaired) electrons. The van der Waals surface area contributed by atoms with Crippen molar-refractivity contribution in [3.8, 4) is 11.5 Å². The minimum absolute atomic E-state index is 0.0173. The molecule has 20 heteroatoms. The van der Waals surface area contributed by atoms with Crippen molar-refractivity contribution in [2.75, 3.05) is 90.8 Å². The summed E-state index contributed by atoms with van der Waals surface area (Å²) >= 11 is 12.8. The summed E-state index contributed by atoms with van der Waals surface area (Å²) in [6.07, 6.45) is 19.5. The number of carbonyl (C=O) groups is 2. The van der Waals surface area contributed by atoms with Crippen LogP contribution in [0.2, 0.25) is 10.0 Å². The number of rotatable bonds is 6. The van der Waals surface area contributed by atoms with Crippen molar-refractivity contribution in [1.29, 1.82) is 0 Å². The van der Waals surface area contributed by atoms with Gasteiger partial charge in [-0.1, -0.05) is 73.5 Å². The van der Waals surface area contributed by atoms with Crippen LogP contribution in [-0.2, 0) is 62.7 Å². The monoisotopic (exact) mass is 1280 g/mol. The Bertz CT molecular complexity index is 3290. The van der Waals surface area contributed by atoms with Crippen LogP contribution in [-0.4, -0.2) is 132 Å². The van der Waals surface area contributed by atoms with E-state index in [9.17, 15) is 26.4 Å². The second-order valence-corrected chi connectivity index (χ2v) is 30.9. The molecular formula is C68H86Cl2N4O12S2. The first-order valence-corrected chi connectivity index (χ1v) is 35.2. The molecule has 4 heterocycles. The van der Waals surface area contributed by atoms with E-state index in [4.69, 9.17) is 51.6 Å². The summed E-state index contributed by atoms with van der Waals surface area (Å²) in [7, 11) is -1.62. The zero-order chi connectivity index (χ0) is 62.1. The Labute approximate surface area is 530 Å². The van der Waals surface area contributed by atoms with E-state index in [1.807, 2.05) is 50.3 Å². The molecule has 0 unspecified atom stereocenters. The summed E-state index contributed by atoms with van der Waals surface area (Å²) in [5.41, 5.74) is 6.80. The maximum Gasteiger partial charge on any atom is 0.264 e. The van der Waals surface area contributed by atoms with Gasteiger partial charge in [-0.2, -0.15) is 0 Å². The molecule has 16 nitrogen and oxygen atoms in total. The molecule has 2 fully saturated rings. The van der Waals surface area contributed by atoms with Crippen LogP contribution in [0.15, 0.2) is 97.1 Å². The maximum absolute atomic E-state index is 13.5. The molecule has 8 aliphatic rings. The number of benzene rings is 4. The van der Waals surface area contributed by atoms with Crippen LogP contribution in [0.1, 0.15) is 121 Å². The van der Waals surface area contributed by atoms with Crippen LogP contribution < -0.4 is 28.7 Å². The van der Waals surface area contributed by atoms with Gasteiger partial charge in [0.05, 0.1) is 50.0 Å². The van der Waals surface area contributed by atoms with Gasteiger partial charge in [-0.15, -0.1) is 0 Å². The zero-order valence-electron chi connectivity index (χ0n) is 51.5. The molecule has 2 saturated carbocycles. The fourth-order valence-corrected chi connectivity index (χ4v) is 19.0. The van der Waals surface area contributed by atoms with Crippen molar-refractivity contribution >= 4 is 66.4 Å². The lowest BCUT2D eigenvalue weighted by molar-refractivity contribution is 0.0130. The Balaban J connectivity index is 0.000000182. The van der Waals surface area contributed by atoms with Gasteiger partial charge < -0.3 is 38.2 Å². The van der Waals surface area contributed by atoms with Crippen molar-refractivity contribution in [3.05, 3.63) is 141 Å². The Morgan fingerprint density at radius 1 is 0.580 bits per heavy atom. The molecule has 12 atom stereocenters. The number of hydrogen-bond donors (Lipinski definition) is 2. The summed E-state index contributed by atoms with van der Waals surface area (Å²) in [5, 5.41) is -0.307. The number of nitrogens with one attached hydrogen (secondary N) is 2. The van der Waals surface area contributed by atoms with Gasteiger partial charge in [0.15, 0.2) is 0 Å². The summed E-state index contributed by atoms with van der Waals surface area (Å²) < 4.78 is 94.5. The second kappa shape index (κ2) is 27.0. The minimum atomic E-state index is -4.03. The fourth-order valence-electron chi connectivity index (χ4n) is 15.5. The summed E-state index contributed by atoms with van der Waals surface area (Å²) in [6.45, 7) is 7.76. The standard InChI is InChI=1S/2C34H43ClN2O6S/c2*1-22-6-4-8-30(42-3)27-12-9-25(27)18-37-20-34(15-5-7-23-16-26(35)11-13-28(23)34)21-43-31-14-10-24(17-29(31)37)33(38)36-44(39,40)32(22)19-41-2/h2*4,8,10-11,13-14,16-17,22,25,27,30,32H,5-7,9,12,15,18-21H2,1-3H3,(H,36,38)/b2*8-4+/t22-,25-,27+,30-,32+,34-;22-,25-,27+,30-,32-,34-/m00/s1. The number of aryl methyl sites for hydroxylation is 2. The third-order valence-electron chi connectivity index (χ3n) is 20.7. The Kier molecular flexibility index (Phi) is 19.7. The number of anilines is 2. The highest BCUT2D eigenvalue weighted by atomic mass is 35.5. The highest BCUT2D eigenvalue weighted by Crippen LogP contribution is 2.50. The number of nitrogens with zero attached hydrogens (tertiary/aromatic N) is 2. The summed E-state index contributed by atoms with van der Waals surface area (Å²) in [4.78, 5) is 31.8. The van der Waals surface area contributed by atoms with Gasteiger partial charge >= 0.3 is 0 Å². The molecule has 4 aliphatic heterocycles. The lowest BCUT2D eigenvalue weighted by Crippen LogP contribution is -2.49. The molecule has 2 spiro atoms. The number of carbonyl (C=O) groups excluding carboxylic acids is 2. The third kappa shape index (κ3) is 13.3. The number of fused-ring (bicyclic) bond motifs is 8. The zero-order valence-corrected chi connectivity index (χ0v) is 54.7. The second-order valence-electron chi connectivity index (χ2n) is 26.2. The van der Waals surface area contributed by atoms with E-state index < -0.39 is 42.4 Å². The van der Waals surface area contributed by atoms with E-state index in [0.717, 1.165) is 112 Å². The van der Waals surface area contributed by atoms with E-state index in [1.54, 1.807) is 38.5 Å². The topological polar surface area (TPSA) is 188 Å². The first kappa shape index (κ1) is 64.4. The van der Waals surface area contributed by atoms with Crippen molar-refractivity contribution in [1.82, 2.24) is 9.44 Å². The molecular weight excluding hydrogens is 1200 g/mol. The number of hydrogen-bond acceptors (Lipinski definition) is 14. The Hall–Kier alpha value is -5.18. The SMILES string of the molecule is COC[C@@H]1[C@@H](C)C/C=C/[C@H](OC)[C@@H]2CC[C@H]2CN2C[C@@]3(CCCc4cc(Cl)ccc43)COc3ccc(cc32)C(=O)NS1(=O)=O.COC[C@H]1[C@@H](C)C/C=C/[C@H](OC)[C@@H]2CC[C@H]2CN2C[C@@]3(CCCc4cc(Cl)ccc43)COc3ccc(cc32)C(=O)NS1(=O)=O. The average Bonchev–Trinajstić information content (AvgIpc) is 1.54. The normalized spacial score (nSPS) is 32.3. The van der Waals surface area contributed by atoms with E-state index >= 15 is 0 Å². The first-order valence-electron chi connectivity index (χ1n) is 31.4. The fraction of sp³-hybridized carbons (Fsp3) is 0.559. The van der Waals surface area contributed by atoms with Gasteiger partial charge in [0, 0.05) is 86.6 Å². The molecule has 476 valence electrons. The predicted octanol–water partition coefficient (Wildman–Crippen LogP) is 11.0. The molecule has 4 bridgehead atoms. The van der Waals surface area contributed by atoms with Gasteiger partial charge in [0.2, 0.25) is 20.0 Å². The van der Waals surface area contributed by atoms with Crippen LogP contribution in [0, 0.1) is 35.5 Å². The first-order chi connectivity index (χ1) is 42.3. The molecule has 0 aromatic heterocycles.